The fourth-order valence-corrected chi connectivity index (χ4v) is 1.47. The first kappa shape index (κ1) is 6.85. The van der Waals surface area contributed by atoms with Crippen LogP contribution in [-0.4, -0.2) is 12.0 Å². The fourth-order valence-electron chi connectivity index (χ4n) is 1.47. The molecule has 11 heavy (non-hydrogen) atoms. The summed E-state index contributed by atoms with van der Waals surface area (Å²) in [7, 11) is 1.90. The summed E-state index contributed by atoms with van der Waals surface area (Å²) in [6, 6.07) is 0. The summed E-state index contributed by atoms with van der Waals surface area (Å²) in [6.45, 7) is 0.743. The van der Waals surface area contributed by atoms with E-state index in [-0.39, 0.29) is 0 Å². The summed E-state index contributed by atoms with van der Waals surface area (Å²) in [5, 5.41) is 3.02. The topological polar surface area (TPSA) is 38.1 Å². The summed E-state index contributed by atoms with van der Waals surface area (Å²) in [5.74, 6) is 1.94. The standard InChI is InChI=1S/C8H12N2O/c1-9-5-8-10-6-3-2-4-7(6)11-8/h9H,2-5H2,1H3. The molecule has 0 unspecified atom stereocenters. The normalized spacial score (nSPS) is 15.4. The summed E-state index contributed by atoms with van der Waals surface area (Å²) >= 11 is 0. The van der Waals surface area contributed by atoms with Crippen molar-refractivity contribution in [3.05, 3.63) is 17.3 Å². The van der Waals surface area contributed by atoms with E-state index in [2.05, 4.69) is 10.3 Å². The van der Waals surface area contributed by atoms with Crippen molar-refractivity contribution in [3.63, 3.8) is 0 Å². The van der Waals surface area contributed by atoms with Crippen LogP contribution in [0.25, 0.3) is 0 Å². The maximum atomic E-state index is 5.49. The molecule has 3 heteroatoms. The second-order valence-electron chi connectivity index (χ2n) is 2.86. The number of fused-ring (bicyclic) bond motifs is 1. The van der Waals surface area contributed by atoms with Gasteiger partial charge in [0.1, 0.15) is 5.76 Å². The zero-order valence-corrected chi connectivity index (χ0v) is 6.68. The first-order valence-electron chi connectivity index (χ1n) is 4.02. The molecule has 1 aliphatic carbocycles. The summed E-state index contributed by atoms with van der Waals surface area (Å²) in [6.07, 6.45) is 3.38. The van der Waals surface area contributed by atoms with E-state index >= 15 is 0 Å². The molecule has 0 amide bonds. The molecule has 0 radical (unpaired) electrons. The van der Waals surface area contributed by atoms with Crippen LogP contribution >= 0.6 is 0 Å². The Kier molecular flexibility index (Phi) is 1.66. The average molecular weight is 152 g/mol. The molecule has 0 bridgehead atoms. The van der Waals surface area contributed by atoms with E-state index in [0.29, 0.717) is 0 Å². The quantitative estimate of drug-likeness (QED) is 0.683. The highest BCUT2D eigenvalue weighted by atomic mass is 16.4. The van der Waals surface area contributed by atoms with Gasteiger partial charge in [-0.05, 0) is 19.9 Å². The van der Waals surface area contributed by atoms with Crippen molar-refractivity contribution in [2.75, 3.05) is 7.05 Å². The Morgan fingerprint density at radius 1 is 1.55 bits per heavy atom. The maximum Gasteiger partial charge on any atom is 0.208 e. The largest absolute Gasteiger partial charge is 0.444 e. The van der Waals surface area contributed by atoms with Gasteiger partial charge >= 0.3 is 0 Å². The Balaban J connectivity index is 2.20. The van der Waals surface area contributed by atoms with Crippen LogP contribution in [0, 0.1) is 0 Å². The number of hydrogen-bond acceptors (Lipinski definition) is 3. The minimum Gasteiger partial charge on any atom is -0.444 e. The van der Waals surface area contributed by atoms with Crippen molar-refractivity contribution in [1.82, 2.24) is 10.3 Å². The Bertz CT molecular complexity index is 233. The number of rotatable bonds is 2. The van der Waals surface area contributed by atoms with Gasteiger partial charge in [-0.25, -0.2) is 4.98 Å². The Morgan fingerprint density at radius 3 is 3.18 bits per heavy atom. The minimum absolute atomic E-state index is 0.743. The van der Waals surface area contributed by atoms with E-state index in [1.54, 1.807) is 0 Å². The van der Waals surface area contributed by atoms with E-state index in [1.807, 2.05) is 7.05 Å². The van der Waals surface area contributed by atoms with Crippen LogP contribution in [0.15, 0.2) is 4.42 Å². The summed E-state index contributed by atoms with van der Waals surface area (Å²) in [5.41, 5.74) is 1.18. The van der Waals surface area contributed by atoms with Gasteiger partial charge in [0.05, 0.1) is 12.2 Å². The molecule has 0 saturated heterocycles. The number of aromatic nitrogens is 1. The highest BCUT2D eigenvalue weighted by Crippen LogP contribution is 2.21. The molecule has 60 valence electrons. The van der Waals surface area contributed by atoms with Crippen molar-refractivity contribution in [1.29, 1.82) is 0 Å². The lowest BCUT2D eigenvalue weighted by Crippen LogP contribution is -2.05. The lowest BCUT2D eigenvalue weighted by molar-refractivity contribution is 0.445. The predicted octanol–water partition coefficient (Wildman–Crippen LogP) is 0.883. The van der Waals surface area contributed by atoms with Crippen LogP contribution in [0.1, 0.15) is 23.8 Å². The van der Waals surface area contributed by atoms with Gasteiger partial charge in [-0.3, -0.25) is 0 Å². The van der Waals surface area contributed by atoms with Crippen LogP contribution in [-0.2, 0) is 19.4 Å². The van der Waals surface area contributed by atoms with Crippen LogP contribution in [0.2, 0.25) is 0 Å². The van der Waals surface area contributed by atoms with Gasteiger partial charge < -0.3 is 9.73 Å². The highest BCUT2D eigenvalue weighted by molar-refractivity contribution is 5.15. The van der Waals surface area contributed by atoms with Crippen molar-refractivity contribution >= 4 is 0 Å². The Labute approximate surface area is 65.8 Å². The number of nitrogens with zero attached hydrogens (tertiary/aromatic N) is 1. The van der Waals surface area contributed by atoms with Gasteiger partial charge in [0.15, 0.2) is 0 Å². The van der Waals surface area contributed by atoms with Gasteiger partial charge in [0.25, 0.3) is 0 Å². The van der Waals surface area contributed by atoms with Crippen LogP contribution in [0.3, 0.4) is 0 Å². The molecule has 0 saturated carbocycles. The van der Waals surface area contributed by atoms with Crippen molar-refractivity contribution < 1.29 is 4.42 Å². The van der Waals surface area contributed by atoms with Gasteiger partial charge in [0, 0.05) is 6.42 Å². The fraction of sp³-hybridized carbons (Fsp3) is 0.625. The molecular weight excluding hydrogens is 140 g/mol. The molecule has 0 aromatic carbocycles. The van der Waals surface area contributed by atoms with Gasteiger partial charge in [-0.1, -0.05) is 0 Å². The van der Waals surface area contributed by atoms with Crippen LogP contribution in [0.4, 0.5) is 0 Å². The predicted molar refractivity (Wildman–Crippen MR) is 41.3 cm³/mol. The monoisotopic (exact) mass is 152 g/mol. The summed E-state index contributed by atoms with van der Waals surface area (Å²) < 4.78 is 5.49. The Hall–Kier alpha value is -0.830. The zero-order valence-electron chi connectivity index (χ0n) is 6.68. The zero-order chi connectivity index (χ0) is 7.68. The van der Waals surface area contributed by atoms with Crippen molar-refractivity contribution in [2.45, 2.75) is 25.8 Å². The van der Waals surface area contributed by atoms with Gasteiger partial charge in [-0.15, -0.1) is 0 Å². The molecule has 0 spiro atoms. The number of nitrogens with one attached hydrogen (secondary N) is 1. The van der Waals surface area contributed by atoms with Crippen molar-refractivity contribution in [3.8, 4) is 0 Å². The molecule has 0 fully saturated rings. The Morgan fingerprint density at radius 2 is 2.45 bits per heavy atom. The third kappa shape index (κ3) is 1.16. The van der Waals surface area contributed by atoms with Gasteiger partial charge in [0.2, 0.25) is 5.89 Å². The maximum absolute atomic E-state index is 5.49. The molecule has 1 aromatic rings. The second-order valence-corrected chi connectivity index (χ2v) is 2.86. The summed E-state index contributed by atoms with van der Waals surface area (Å²) in [4.78, 5) is 4.35. The average Bonchev–Trinajstić information content (AvgIpc) is 2.46. The third-order valence-corrected chi connectivity index (χ3v) is 1.97. The number of oxazole rings is 1. The third-order valence-electron chi connectivity index (χ3n) is 1.97. The number of hydrogen-bond donors (Lipinski definition) is 1. The van der Waals surface area contributed by atoms with E-state index in [4.69, 9.17) is 4.42 Å². The molecule has 1 N–H and O–H groups in total. The lowest BCUT2D eigenvalue weighted by Gasteiger charge is -1.91. The SMILES string of the molecule is CNCc1nc2c(o1)CCC2. The molecule has 1 heterocycles. The first-order chi connectivity index (χ1) is 5.40. The molecule has 1 aliphatic rings. The van der Waals surface area contributed by atoms with E-state index < -0.39 is 0 Å². The van der Waals surface area contributed by atoms with E-state index in [1.165, 1.54) is 12.1 Å². The highest BCUT2D eigenvalue weighted by Gasteiger charge is 2.17. The minimum atomic E-state index is 0.743. The molecule has 0 atom stereocenters. The first-order valence-corrected chi connectivity index (χ1v) is 4.02. The molecule has 1 aromatic heterocycles. The molecule has 3 nitrogen and oxygen atoms in total. The molecular formula is C8H12N2O. The van der Waals surface area contributed by atoms with Crippen molar-refractivity contribution in [2.24, 2.45) is 0 Å². The smallest absolute Gasteiger partial charge is 0.208 e. The van der Waals surface area contributed by atoms with Gasteiger partial charge in [-0.2, -0.15) is 0 Å². The van der Waals surface area contributed by atoms with Crippen LogP contribution in [0.5, 0.6) is 0 Å². The lowest BCUT2D eigenvalue weighted by atomic mass is 10.4. The second kappa shape index (κ2) is 2.66. The molecule has 2 rings (SSSR count). The van der Waals surface area contributed by atoms with Crippen LogP contribution < -0.4 is 5.32 Å². The number of aryl methyl sites for hydroxylation is 2. The molecule has 0 aliphatic heterocycles. The van der Waals surface area contributed by atoms with E-state index in [9.17, 15) is 0 Å². The van der Waals surface area contributed by atoms with E-state index in [0.717, 1.165) is 31.0 Å².